The third-order valence-corrected chi connectivity index (χ3v) is 2.84. The summed E-state index contributed by atoms with van der Waals surface area (Å²) in [5.41, 5.74) is 3.67. The first-order valence-corrected chi connectivity index (χ1v) is 6.13. The molecule has 0 N–H and O–H groups in total. The molecule has 16 heavy (non-hydrogen) atoms. The molecule has 0 heterocycles. The highest BCUT2D eigenvalue weighted by molar-refractivity contribution is 6.29. The van der Waals surface area contributed by atoms with Crippen molar-refractivity contribution in [1.29, 1.82) is 0 Å². The van der Waals surface area contributed by atoms with Gasteiger partial charge in [-0.3, -0.25) is 4.79 Å². The van der Waals surface area contributed by atoms with Crippen LogP contribution in [0.15, 0.2) is 24.3 Å². The van der Waals surface area contributed by atoms with E-state index in [1.165, 1.54) is 11.1 Å². The first-order valence-electron chi connectivity index (χ1n) is 5.59. The van der Waals surface area contributed by atoms with Gasteiger partial charge in [0, 0.05) is 0 Å². The summed E-state index contributed by atoms with van der Waals surface area (Å²) in [7, 11) is 0. The molecule has 2 heteroatoms. The average Bonchev–Trinajstić information content (AvgIpc) is 2.35. The number of aryl methyl sites for hydroxylation is 2. The number of alkyl halides is 1. The third-order valence-electron chi connectivity index (χ3n) is 2.58. The molecular formula is C14H17ClO. The Balaban J connectivity index is 2.99. The SMILES string of the molecule is CCc1ccc(CC)c(C=CC(=O)CCl)c1. The van der Waals surface area contributed by atoms with E-state index in [2.05, 4.69) is 32.0 Å². The van der Waals surface area contributed by atoms with Crippen molar-refractivity contribution in [2.24, 2.45) is 0 Å². The Morgan fingerprint density at radius 2 is 2.06 bits per heavy atom. The summed E-state index contributed by atoms with van der Waals surface area (Å²) in [5, 5.41) is 0. The summed E-state index contributed by atoms with van der Waals surface area (Å²) < 4.78 is 0. The maximum atomic E-state index is 11.1. The van der Waals surface area contributed by atoms with Gasteiger partial charge in [0.2, 0.25) is 0 Å². The second-order valence-electron chi connectivity index (χ2n) is 3.67. The van der Waals surface area contributed by atoms with Crippen molar-refractivity contribution < 1.29 is 4.79 Å². The van der Waals surface area contributed by atoms with Crippen LogP contribution in [-0.2, 0) is 17.6 Å². The molecule has 0 aliphatic carbocycles. The molecular weight excluding hydrogens is 220 g/mol. The van der Waals surface area contributed by atoms with Gasteiger partial charge in [-0.05, 0) is 35.6 Å². The van der Waals surface area contributed by atoms with Crippen molar-refractivity contribution in [3.8, 4) is 0 Å². The molecule has 0 amide bonds. The molecule has 0 fully saturated rings. The summed E-state index contributed by atoms with van der Waals surface area (Å²) in [6.07, 6.45) is 5.40. The van der Waals surface area contributed by atoms with Crippen LogP contribution in [0.4, 0.5) is 0 Å². The molecule has 86 valence electrons. The first-order chi connectivity index (χ1) is 7.71. The molecule has 0 saturated heterocycles. The maximum Gasteiger partial charge on any atom is 0.170 e. The van der Waals surface area contributed by atoms with E-state index in [4.69, 9.17) is 11.6 Å². The van der Waals surface area contributed by atoms with E-state index in [0.29, 0.717) is 0 Å². The van der Waals surface area contributed by atoms with Crippen LogP contribution in [-0.4, -0.2) is 11.7 Å². The minimum absolute atomic E-state index is 0.0471. The van der Waals surface area contributed by atoms with E-state index in [0.717, 1.165) is 18.4 Å². The van der Waals surface area contributed by atoms with Crippen LogP contribution >= 0.6 is 11.6 Å². The molecule has 0 spiro atoms. The highest BCUT2D eigenvalue weighted by Crippen LogP contribution is 2.15. The van der Waals surface area contributed by atoms with Gasteiger partial charge >= 0.3 is 0 Å². The van der Waals surface area contributed by atoms with Crippen molar-refractivity contribution in [2.75, 3.05) is 5.88 Å². The lowest BCUT2D eigenvalue weighted by molar-refractivity contribution is -0.112. The summed E-state index contributed by atoms with van der Waals surface area (Å²) in [4.78, 5) is 11.1. The predicted molar refractivity (Wildman–Crippen MR) is 70.0 cm³/mol. The number of allylic oxidation sites excluding steroid dienone is 1. The minimum Gasteiger partial charge on any atom is -0.294 e. The normalized spacial score (nSPS) is 10.9. The zero-order valence-electron chi connectivity index (χ0n) is 9.79. The van der Waals surface area contributed by atoms with Crippen molar-refractivity contribution in [3.63, 3.8) is 0 Å². The molecule has 0 aliphatic heterocycles. The number of carbonyl (C=O) groups is 1. The highest BCUT2D eigenvalue weighted by atomic mass is 35.5. The lowest BCUT2D eigenvalue weighted by Crippen LogP contribution is -1.94. The van der Waals surface area contributed by atoms with Crippen LogP contribution in [0.3, 0.4) is 0 Å². The molecule has 0 saturated carbocycles. The van der Waals surface area contributed by atoms with Crippen LogP contribution in [0.25, 0.3) is 6.08 Å². The summed E-state index contributed by atoms with van der Waals surface area (Å²) in [6, 6.07) is 6.40. The van der Waals surface area contributed by atoms with Crippen LogP contribution in [0.1, 0.15) is 30.5 Å². The lowest BCUT2D eigenvalue weighted by atomic mass is 10.0. The smallest absolute Gasteiger partial charge is 0.170 e. The number of rotatable bonds is 5. The Bertz CT molecular complexity index is 394. The number of hydrogen-bond donors (Lipinski definition) is 0. The fraction of sp³-hybridized carbons (Fsp3) is 0.357. The summed E-state index contributed by atoms with van der Waals surface area (Å²) in [5.74, 6) is -0.00330. The van der Waals surface area contributed by atoms with Gasteiger partial charge in [-0.25, -0.2) is 0 Å². The van der Waals surface area contributed by atoms with Crippen molar-refractivity contribution in [2.45, 2.75) is 26.7 Å². The van der Waals surface area contributed by atoms with Crippen LogP contribution in [0.2, 0.25) is 0 Å². The number of benzene rings is 1. The molecule has 0 aromatic heterocycles. The van der Waals surface area contributed by atoms with E-state index >= 15 is 0 Å². The molecule has 0 aliphatic rings. The zero-order chi connectivity index (χ0) is 12.0. The van der Waals surface area contributed by atoms with E-state index in [1.54, 1.807) is 6.08 Å². The largest absolute Gasteiger partial charge is 0.294 e. The van der Waals surface area contributed by atoms with Gasteiger partial charge in [-0.15, -0.1) is 11.6 Å². The fourth-order valence-electron chi connectivity index (χ4n) is 1.57. The molecule has 1 nitrogen and oxygen atoms in total. The van der Waals surface area contributed by atoms with Gasteiger partial charge in [-0.2, -0.15) is 0 Å². The van der Waals surface area contributed by atoms with Crippen LogP contribution < -0.4 is 0 Å². The van der Waals surface area contributed by atoms with E-state index < -0.39 is 0 Å². The van der Waals surface area contributed by atoms with Gasteiger partial charge in [0.1, 0.15) is 0 Å². The summed E-state index contributed by atoms with van der Waals surface area (Å²) >= 11 is 5.45. The standard InChI is InChI=1S/C14H17ClO/c1-3-11-5-6-12(4-2)13(9-11)7-8-14(16)10-15/h5-9H,3-4,10H2,1-2H3. The number of carbonyl (C=O) groups excluding carboxylic acids is 1. The third kappa shape index (κ3) is 3.49. The van der Waals surface area contributed by atoms with Gasteiger partial charge in [0.25, 0.3) is 0 Å². The second-order valence-corrected chi connectivity index (χ2v) is 3.94. The molecule has 0 unspecified atom stereocenters. The Morgan fingerprint density at radius 1 is 1.31 bits per heavy atom. The molecule has 1 rings (SSSR count). The van der Waals surface area contributed by atoms with Gasteiger partial charge in [0.05, 0.1) is 5.88 Å². The number of hydrogen-bond acceptors (Lipinski definition) is 1. The molecule has 0 atom stereocenters. The average molecular weight is 237 g/mol. The van der Waals surface area contributed by atoms with E-state index in [9.17, 15) is 4.79 Å². The quantitative estimate of drug-likeness (QED) is 0.564. The maximum absolute atomic E-state index is 11.1. The molecule has 1 aromatic rings. The second kappa shape index (κ2) is 6.49. The van der Waals surface area contributed by atoms with Crippen molar-refractivity contribution in [1.82, 2.24) is 0 Å². The van der Waals surface area contributed by atoms with Crippen LogP contribution in [0.5, 0.6) is 0 Å². The fourth-order valence-corrected chi connectivity index (χ4v) is 1.66. The molecule has 0 radical (unpaired) electrons. The Morgan fingerprint density at radius 3 is 2.62 bits per heavy atom. The lowest BCUT2D eigenvalue weighted by Gasteiger charge is -2.05. The van der Waals surface area contributed by atoms with Crippen LogP contribution in [0, 0.1) is 0 Å². The number of ketones is 1. The Hall–Kier alpha value is -1.08. The van der Waals surface area contributed by atoms with Crippen molar-refractivity contribution in [3.05, 3.63) is 41.0 Å². The van der Waals surface area contributed by atoms with Gasteiger partial charge in [0.15, 0.2) is 5.78 Å². The predicted octanol–water partition coefficient (Wildman–Crippen LogP) is 3.63. The first kappa shape index (κ1) is 13.0. The summed E-state index contributed by atoms with van der Waals surface area (Å²) in [6.45, 7) is 4.24. The van der Waals surface area contributed by atoms with E-state index in [1.807, 2.05) is 6.08 Å². The monoisotopic (exact) mass is 236 g/mol. The highest BCUT2D eigenvalue weighted by Gasteiger charge is 2.00. The molecule has 1 aromatic carbocycles. The molecule has 0 bridgehead atoms. The Kier molecular flexibility index (Phi) is 5.27. The topological polar surface area (TPSA) is 17.1 Å². The van der Waals surface area contributed by atoms with E-state index in [-0.39, 0.29) is 11.7 Å². The number of halogens is 1. The Labute approximate surface area is 102 Å². The minimum atomic E-state index is -0.0504. The van der Waals surface area contributed by atoms with Crippen molar-refractivity contribution >= 4 is 23.5 Å². The van der Waals surface area contributed by atoms with Gasteiger partial charge < -0.3 is 0 Å². The zero-order valence-corrected chi connectivity index (χ0v) is 10.6. The van der Waals surface area contributed by atoms with Gasteiger partial charge in [-0.1, -0.05) is 38.1 Å².